The van der Waals surface area contributed by atoms with Crippen LogP contribution in [0, 0.1) is 10.1 Å². The van der Waals surface area contributed by atoms with Gasteiger partial charge in [-0.25, -0.2) is 0 Å². The molecule has 0 saturated heterocycles. The number of nitrogens with zero attached hydrogens (tertiary/aromatic N) is 1. The highest BCUT2D eigenvalue weighted by Crippen LogP contribution is 2.33. The first-order valence-corrected chi connectivity index (χ1v) is 8.52. The molecule has 0 saturated carbocycles. The molecule has 0 spiro atoms. The zero-order valence-corrected chi connectivity index (χ0v) is 15.7. The van der Waals surface area contributed by atoms with E-state index < -0.39 is 4.92 Å². The molecule has 0 atom stereocenters. The average Bonchev–Trinajstić information content (AvgIpc) is 2.60. The van der Waals surface area contributed by atoms with Crippen molar-refractivity contribution < 1.29 is 14.5 Å². The van der Waals surface area contributed by atoms with Crippen molar-refractivity contribution in [3.05, 3.63) is 63.2 Å². The topological polar surface area (TPSA) is 81.5 Å². The van der Waals surface area contributed by atoms with Crippen LogP contribution in [0.3, 0.4) is 0 Å². The first-order chi connectivity index (χ1) is 12.3. The number of amides is 1. The number of nitro benzene ring substituents is 1. The third-order valence-electron chi connectivity index (χ3n) is 4.25. The molecule has 0 fully saturated rings. The second-order valence-electron chi connectivity index (χ2n) is 6.72. The zero-order chi connectivity index (χ0) is 19.4. The highest BCUT2D eigenvalue weighted by Gasteiger charge is 2.20. The van der Waals surface area contributed by atoms with Gasteiger partial charge in [0, 0.05) is 17.3 Å². The smallest absolute Gasteiger partial charge is 0.311 e. The van der Waals surface area contributed by atoms with Crippen LogP contribution >= 0.6 is 0 Å². The number of carbonyl (C=O) groups excluding carboxylic acids is 1. The number of hydrogen-bond acceptors (Lipinski definition) is 4. The molecule has 0 bridgehead atoms. The fraction of sp³-hybridized carbons (Fsp3) is 0.350. The van der Waals surface area contributed by atoms with E-state index in [1.165, 1.54) is 25.3 Å². The molecule has 26 heavy (non-hydrogen) atoms. The SMILES string of the molecule is COc1ccc(C(=O)Nc2c(C(C)C)cccc2C(C)C)cc1[N+](=O)[O-]. The molecule has 0 heterocycles. The van der Waals surface area contributed by atoms with Gasteiger partial charge >= 0.3 is 5.69 Å². The van der Waals surface area contributed by atoms with Crippen molar-refractivity contribution in [3.8, 4) is 5.75 Å². The van der Waals surface area contributed by atoms with Crippen LogP contribution in [-0.4, -0.2) is 17.9 Å². The number of nitrogens with one attached hydrogen (secondary N) is 1. The van der Waals surface area contributed by atoms with Crippen LogP contribution in [0.15, 0.2) is 36.4 Å². The fourth-order valence-corrected chi connectivity index (χ4v) is 2.85. The first kappa shape index (κ1) is 19.4. The van der Waals surface area contributed by atoms with Crippen LogP contribution in [0.25, 0.3) is 0 Å². The van der Waals surface area contributed by atoms with E-state index in [1.807, 2.05) is 18.2 Å². The summed E-state index contributed by atoms with van der Waals surface area (Å²) in [6, 6.07) is 10.2. The molecule has 0 radical (unpaired) electrons. The van der Waals surface area contributed by atoms with E-state index in [2.05, 4.69) is 33.0 Å². The lowest BCUT2D eigenvalue weighted by atomic mass is 9.92. The summed E-state index contributed by atoms with van der Waals surface area (Å²) >= 11 is 0. The number of anilines is 1. The van der Waals surface area contributed by atoms with E-state index in [4.69, 9.17) is 4.74 Å². The van der Waals surface area contributed by atoms with Crippen LogP contribution in [-0.2, 0) is 0 Å². The second kappa shape index (κ2) is 7.99. The van der Waals surface area contributed by atoms with Crippen LogP contribution < -0.4 is 10.1 Å². The summed E-state index contributed by atoms with van der Waals surface area (Å²) in [5, 5.41) is 14.2. The molecule has 2 aromatic carbocycles. The van der Waals surface area contributed by atoms with Gasteiger partial charge in [-0.1, -0.05) is 45.9 Å². The van der Waals surface area contributed by atoms with Gasteiger partial charge in [0.1, 0.15) is 0 Å². The Labute approximate surface area is 153 Å². The summed E-state index contributed by atoms with van der Waals surface area (Å²) in [5.41, 5.74) is 2.83. The van der Waals surface area contributed by atoms with Crippen molar-refractivity contribution >= 4 is 17.3 Å². The standard InChI is InChI=1S/C20H24N2O4/c1-12(2)15-7-6-8-16(13(3)4)19(15)21-20(23)14-9-10-18(26-5)17(11-14)22(24)25/h6-13H,1-5H3,(H,21,23). The van der Waals surface area contributed by atoms with Gasteiger partial charge < -0.3 is 10.1 Å². The Morgan fingerprint density at radius 2 is 1.65 bits per heavy atom. The van der Waals surface area contributed by atoms with Crippen LogP contribution in [0.1, 0.15) is 61.0 Å². The molecular weight excluding hydrogens is 332 g/mol. The Kier molecular flexibility index (Phi) is 5.97. The lowest BCUT2D eigenvalue weighted by Gasteiger charge is -2.20. The molecule has 0 aromatic heterocycles. The molecule has 1 N–H and O–H groups in total. The first-order valence-electron chi connectivity index (χ1n) is 8.52. The second-order valence-corrected chi connectivity index (χ2v) is 6.72. The summed E-state index contributed by atoms with van der Waals surface area (Å²) in [4.78, 5) is 23.4. The van der Waals surface area contributed by atoms with Gasteiger partial charge in [0.2, 0.25) is 0 Å². The maximum absolute atomic E-state index is 12.8. The van der Waals surface area contributed by atoms with Gasteiger partial charge in [0.15, 0.2) is 5.75 Å². The predicted octanol–water partition coefficient (Wildman–Crippen LogP) is 5.10. The van der Waals surface area contributed by atoms with Crippen molar-refractivity contribution in [2.75, 3.05) is 12.4 Å². The largest absolute Gasteiger partial charge is 0.490 e. The Morgan fingerprint density at radius 1 is 1.08 bits per heavy atom. The Balaban J connectivity index is 2.45. The van der Waals surface area contributed by atoms with Crippen molar-refractivity contribution in [3.63, 3.8) is 0 Å². The number of rotatable bonds is 6. The van der Waals surface area contributed by atoms with E-state index in [9.17, 15) is 14.9 Å². The maximum Gasteiger partial charge on any atom is 0.311 e. The highest BCUT2D eigenvalue weighted by molar-refractivity contribution is 6.05. The van der Waals surface area contributed by atoms with Crippen molar-refractivity contribution in [1.82, 2.24) is 0 Å². The number of methoxy groups -OCH3 is 1. The number of benzene rings is 2. The van der Waals surface area contributed by atoms with Gasteiger partial charge in [-0.2, -0.15) is 0 Å². The van der Waals surface area contributed by atoms with Gasteiger partial charge in [0.25, 0.3) is 5.91 Å². The Bertz CT molecular complexity index is 802. The number of para-hydroxylation sites is 1. The molecule has 0 aliphatic rings. The summed E-state index contributed by atoms with van der Waals surface area (Å²) in [6.07, 6.45) is 0. The van der Waals surface area contributed by atoms with Crippen LogP contribution in [0.4, 0.5) is 11.4 Å². The molecular formula is C20H24N2O4. The van der Waals surface area contributed by atoms with Gasteiger partial charge in [0.05, 0.1) is 12.0 Å². The molecule has 2 rings (SSSR count). The quantitative estimate of drug-likeness (QED) is 0.576. The number of ether oxygens (including phenoxy) is 1. The number of hydrogen-bond donors (Lipinski definition) is 1. The molecule has 0 aliphatic carbocycles. The van der Waals surface area contributed by atoms with Gasteiger partial charge in [-0.05, 0) is 35.1 Å². The lowest BCUT2D eigenvalue weighted by Crippen LogP contribution is -2.16. The Morgan fingerprint density at radius 3 is 2.12 bits per heavy atom. The maximum atomic E-state index is 12.8. The van der Waals surface area contributed by atoms with Crippen LogP contribution in [0.5, 0.6) is 5.75 Å². The lowest BCUT2D eigenvalue weighted by molar-refractivity contribution is -0.385. The molecule has 138 valence electrons. The zero-order valence-electron chi connectivity index (χ0n) is 15.7. The average molecular weight is 356 g/mol. The van der Waals surface area contributed by atoms with Crippen molar-refractivity contribution in [2.45, 2.75) is 39.5 Å². The van der Waals surface area contributed by atoms with E-state index in [1.54, 1.807) is 0 Å². The Hall–Kier alpha value is -2.89. The van der Waals surface area contributed by atoms with Gasteiger partial charge in [-0.15, -0.1) is 0 Å². The van der Waals surface area contributed by atoms with E-state index >= 15 is 0 Å². The minimum atomic E-state index is -0.558. The third-order valence-corrected chi connectivity index (χ3v) is 4.25. The van der Waals surface area contributed by atoms with Crippen molar-refractivity contribution in [1.29, 1.82) is 0 Å². The third kappa shape index (κ3) is 4.02. The van der Waals surface area contributed by atoms with Crippen LogP contribution in [0.2, 0.25) is 0 Å². The summed E-state index contributed by atoms with van der Waals surface area (Å²) < 4.78 is 4.99. The summed E-state index contributed by atoms with van der Waals surface area (Å²) in [7, 11) is 1.36. The van der Waals surface area contributed by atoms with E-state index in [0.717, 1.165) is 16.8 Å². The minimum Gasteiger partial charge on any atom is -0.490 e. The monoisotopic (exact) mass is 356 g/mol. The van der Waals surface area contributed by atoms with E-state index in [-0.39, 0.29) is 34.7 Å². The molecule has 6 heteroatoms. The van der Waals surface area contributed by atoms with Gasteiger partial charge in [-0.3, -0.25) is 14.9 Å². The van der Waals surface area contributed by atoms with E-state index in [0.29, 0.717) is 0 Å². The number of nitro groups is 1. The van der Waals surface area contributed by atoms with Crippen molar-refractivity contribution in [2.24, 2.45) is 0 Å². The normalized spacial score (nSPS) is 10.9. The number of carbonyl (C=O) groups is 1. The predicted molar refractivity (Wildman–Crippen MR) is 102 cm³/mol. The minimum absolute atomic E-state index is 0.122. The molecule has 0 unspecified atom stereocenters. The molecule has 2 aromatic rings. The molecule has 0 aliphatic heterocycles. The molecule has 6 nitrogen and oxygen atoms in total. The summed E-state index contributed by atoms with van der Waals surface area (Å²) in [5.74, 6) is 0.200. The molecule has 1 amide bonds. The fourth-order valence-electron chi connectivity index (χ4n) is 2.85. The summed E-state index contributed by atoms with van der Waals surface area (Å²) in [6.45, 7) is 8.25. The highest BCUT2D eigenvalue weighted by atomic mass is 16.6.